The fourth-order valence-electron chi connectivity index (χ4n) is 1.00. The van der Waals surface area contributed by atoms with E-state index in [9.17, 15) is 5.11 Å². The highest BCUT2D eigenvalue weighted by Gasteiger charge is 2.08. The number of hydrogen-bond donors (Lipinski definition) is 4. The van der Waals surface area contributed by atoms with Crippen LogP contribution in [-0.2, 0) is 0 Å². The van der Waals surface area contributed by atoms with Gasteiger partial charge in [0.25, 0.3) is 0 Å². The van der Waals surface area contributed by atoms with E-state index in [1.807, 2.05) is 0 Å². The van der Waals surface area contributed by atoms with Gasteiger partial charge in [-0.05, 0) is 6.07 Å². The molecule has 0 aromatic heterocycles. The lowest BCUT2D eigenvalue weighted by Crippen LogP contribution is -2.20. The molecule has 1 atom stereocenters. The largest absolute Gasteiger partial charge is 0.508 e. The second-order valence-electron chi connectivity index (χ2n) is 2.66. The third-order valence-corrected chi connectivity index (χ3v) is 1.71. The molecule has 1 rings (SSSR count). The third kappa shape index (κ3) is 1.66. The van der Waals surface area contributed by atoms with E-state index >= 15 is 0 Å². The zero-order valence-corrected chi connectivity index (χ0v) is 6.70. The molecule has 66 valence electrons. The lowest BCUT2D eigenvalue weighted by atomic mass is 10.1. The highest BCUT2D eigenvalue weighted by molar-refractivity contribution is 5.48. The standard InChI is InChI=1S/C8H13N3O/c9-4-7(11)6-2-1-5(10)3-8(6)12/h1-3,7,12H,4,9-11H2. The number of hydrogen-bond acceptors (Lipinski definition) is 4. The number of aromatic hydroxyl groups is 1. The second kappa shape index (κ2) is 3.42. The van der Waals surface area contributed by atoms with Gasteiger partial charge in [-0.15, -0.1) is 0 Å². The molecular weight excluding hydrogens is 154 g/mol. The van der Waals surface area contributed by atoms with Crippen molar-refractivity contribution < 1.29 is 5.11 Å². The van der Waals surface area contributed by atoms with E-state index in [-0.39, 0.29) is 11.8 Å². The van der Waals surface area contributed by atoms with E-state index in [2.05, 4.69) is 0 Å². The van der Waals surface area contributed by atoms with Crippen LogP contribution >= 0.6 is 0 Å². The predicted octanol–water partition coefficient (Wildman–Crippen LogP) is -0.0671. The van der Waals surface area contributed by atoms with E-state index in [0.29, 0.717) is 17.8 Å². The Labute approximate surface area is 71.0 Å². The summed E-state index contributed by atoms with van der Waals surface area (Å²) in [7, 11) is 0. The topological polar surface area (TPSA) is 98.3 Å². The molecule has 0 aliphatic carbocycles. The third-order valence-electron chi connectivity index (χ3n) is 1.71. The Morgan fingerprint density at radius 1 is 1.42 bits per heavy atom. The smallest absolute Gasteiger partial charge is 0.122 e. The summed E-state index contributed by atoms with van der Waals surface area (Å²) in [6.07, 6.45) is 0. The fraction of sp³-hybridized carbons (Fsp3) is 0.250. The van der Waals surface area contributed by atoms with Gasteiger partial charge in [0.05, 0.1) is 0 Å². The van der Waals surface area contributed by atoms with Crippen LogP contribution in [-0.4, -0.2) is 11.7 Å². The molecule has 0 saturated carbocycles. The molecule has 0 fully saturated rings. The van der Waals surface area contributed by atoms with Crippen LogP contribution in [0.4, 0.5) is 5.69 Å². The number of nitrogen functional groups attached to an aromatic ring is 1. The Bertz CT molecular complexity index is 275. The first-order valence-corrected chi connectivity index (χ1v) is 3.69. The number of benzene rings is 1. The van der Waals surface area contributed by atoms with E-state index in [1.54, 1.807) is 12.1 Å². The van der Waals surface area contributed by atoms with Gasteiger partial charge < -0.3 is 22.3 Å². The molecule has 0 heterocycles. The zero-order chi connectivity index (χ0) is 9.14. The molecule has 0 spiro atoms. The van der Waals surface area contributed by atoms with Crippen molar-refractivity contribution in [2.45, 2.75) is 6.04 Å². The summed E-state index contributed by atoms with van der Waals surface area (Å²) < 4.78 is 0. The molecular formula is C8H13N3O. The molecule has 0 amide bonds. The average molecular weight is 167 g/mol. The highest BCUT2D eigenvalue weighted by Crippen LogP contribution is 2.24. The summed E-state index contributed by atoms with van der Waals surface area (Å²) in [6, 6.07) is 4.50. The van der Waals surface area contributed by atoms with Gasteiger partial charge in [0, 0.05) is 29.9 Å². The number of rotatable bonds is 2. The van der Waals surface area contributed by atoms with Gasteiger partial charge in [-0.3, -0.25) is 0 Å². The first-order valence-electron chi connectivity index (χ1n) is 3.69. The van der Waals surface area contributed by atoms with Gasteiger partial charge in [-0.25, -0.2) is 0 Å². The van der Waals surface area contributed by atoms with E-state index in [0.717, 1.165) is 0 Å². The van der Waals surface area contributed by atoms with Crippen molar-refractivity contribution in [1.82, 2.24) is 0 Å². The number of phenolic OH excluding ortho intramolecular Hbond substituents is 1. The molecule has 0 bridgehead atoms. The molecule has 12 heavy (non-hydrogen) atoms. The SMILES string of the molecule is NCC(N)c1ccc(N)cc1O. The molecule has 4 heteroatoms. The van der Waals surface area contributed by atoms with Crippen molar-refractivity contribution in [2.75, 3.05) is 12.3 Å². The van der Waals surface area contributed by atoms with Crippen LogP contribution in [0, 0.1) is 0 Å². The summed E-state index contributed by atoms with van der Waals surface area (Å²) in [5.41, 5.74) is 17.5. The summed E-state index contributed by atoms with van der Waals surface area (Å²) in [5, 5.41) is 9.38. The monoisotopic (exact) mass is 167 g/mol. The van der Waals surface area contributed by atoms with Crippen LogP contribution in [0.2, 0.25) is 0 Å². The van der Waals surface area contributed by atoms with Crippen molar-refractivity contribution in [2.24, 2.45) is 11.5 Å². The minimum atomic E-state index is -0.328. The average Bonchev–Trinajstić information content (AvgIpc) is 2.03. The van der Waals surface area contributed by atoms with Crippen molar-refractivity contribution in [3.63, 3.8) is 0 Å². The molecule has 4 nitrogen and oxygen atoms in total. The molecule has 7 N–H and O–H groups in total. The maximum atomic E-state index is 9.38. The Morgan fingerprint density at radius 2 is 2.08 bits per heavy atom. The van der Waals surface area contributed by atoms with Crippen LogP contribution in [0.1, 0.15) is 11.6 Å². The quantitative estimate of drug-likeness (QED) is 0.463. The van der Waals surface area contributed by atoms with Gasteiger partial charge >= 0.3 is 0 Å². The Kier molecular flexibility index (Phi) is 2.52. The van der Waals surface area contributed by atoms with Crippen molar-refractivity contribution in [1.29, 1.82) is 0 Å². The first kappa shape index (κ1) is 8.83. The predicted molar refractivity (Wildman–Crippen MR) is 48.5 cm³/mol. The summed E-state index contributed by atoms with van der Waals surface area (Å²) in [4.78, 5) is 0. The second-order valence-corrected chi connectivity index (χ2v) is 2.66. The van der Waals surface area contributed by atoms with Crippen molar-refractivity contribution in [3.8, 4) is 5.75 Å². The Hall–Kier alpha value is -1.26. The molecule has 0 saturated heterocycles. The lowest BCUT2D eigenvalue weighted by Gasteiger charge is -2.10. The molecule has 0 radical (unpaired) electrons. The van der Waals surface area contributed by atoms with Gasteiger partial charge in [0.15, 0.2) is 0 Å². The van der Waals surface area contributed by atoms with E-state index in [1.165, 1.54) is 6.07 Å². The highest BCUT2D eigenvalue weighted by atomic mass is 16.3. The van der Waals surface area contributed by atoms with Crippen molar-refractivity contribution >= 4 is 5.69 Å². The lowest BCUT2D eigenvalue weighted by molar-refractivity contribution is 0.462. The first-order chi connectivity index (χ1) is 5.65. The zero-order valence-electron chi connectivity index (χ0n) is 6.70. The Balaban J connectivity index is 3.01. The molecule has 1 aromatic rings. The summed E-state index contributed by atoms with van der Waals surface area (Å²) >= 11 is 0. The number of nitrogens with two attached hydrogens (primary N) is 3. The van der Waals surface area contributed by atoms with Crippen LogP contribution in [0.3, 0.4) is 0 Å². The van der Waals surface area contributed by atoms with Crippen LogP contribution in [0.25, 0.3) is 0 Å². The van der Waals surface area contributed by atoms with Gasteiger partial charge in [0.1, 0.15) is 5.75 Å². The molecule has 1 aromatic carbocycles. The normalized spacial score (nSPS) is 12.8. The Morgan fingerprint density at radius 3 is 2.58 bits per heavy atom. The summed E-state index contributed by atoms with van der Waals surface area (Å²) in [5.74, 6) is 0.105. The minimum absolute atomic E-state index is 0.105. The van der Waals surface area contributed by atoms with E-state index in [4.69, 9.17) is 17.2 Å². The molecule has 0 aliphatic heterocycles. The maximum absolute atomic E-state index is 9.38. The molecule has 1 unspecified atom stereocenters. The van der Waals surface area contributed by atoms with Crippen LogP contribution in [0.5, 0.6) is 5.75 Å². The maximum Gasteiger partial charge on any atom is 0.122 e. The van der Waals surface area contributed by atoms with Crippen molar-refractivity contribution in [3.05, 3.63) is 23.8 Å². The fourth-order valence-corrected chi connectivity index (χ4v) is 1.00. The minimum Gasteiger partial charge on any atom is -0.508 e. The van der Waals surface area contributed by atoms with E-state index < -0.39 is 0 Å². The van der Waals surface area contributed by atoms with Gasteiger partial charge in [-0.1, -0.05) is 6.07 Å². The van der Waals surface area contributed by atoms with Gasteiger partial charge in [0.2, 0.25) is 0 Å². The number of phenols is 1. The number of anilines is 1. The van der Waals surface area contributed by atoms with Gasteiger partial charge in [-0.2, -0.15) is 0 Å². The van der Waals surface area contributed by atoms with Crippen LogP contribution in [0.15, 0.2) is 18.2 Å². The van der Waals surface area contributed by atoms with Crippen LogP contribution < -0.4 is 17.2 Å². The summed E-state index contributed by atoms with van der Waals surface area (Å²) in [6.45, 7) is 0.303. The molecule has 0 aliphatic rings.